The summed E-state index contributed by atoms with van der Waals surface area (Å²) in [6.07, 6.45) is -0.582. The van der Waals surface area contributed by atoms with Crippen LogP contribution in [0.5, 0.6) is 0 Å². The molecule has 2 aromatic carbocycles. The summed E-state index contributed by atoms with van der Waals surface area (Å²) in [5, 5.41) is 6.50. The lowest BCUT2D eigenvalue weighted by Gasteiger charge is -2.09. The van der Waals surface area contributed by atoms with Crippen molar-refractivity contribution in [3.05, 3.63) is 71.3 Å². The number of carbonyl (C=O) groups is 1. The molecule has 2 aromatic rings. The molecule has 1 atom stereocenters. The monoisotopic (exact) mass is 316 g/mol. The molecule has 0 fully saturated rings. The van der Waals surface area contributed by atoms with Crippen LogP contribution in [0.1, 0.15) is 17.5 Å². The first-order chi connectivity index (χ1) is 11.1. The van der Waals surface area contributed by atoms with Gasteiger partial charge in [-0.1, -0.05) is 35.5 Å². The lowest BCUT2D eigenvalue weighted by Crippen LogP contribution is -2.34. The van der Waals surface area contributed by atoms with Crippen LogP contribution in [-0.4, -0.2) is 17.7 Å². The van der Waals surface area contributed by atoms with E-state index in [9.17, 15) is 13.6 Å². The fourth-order valence-corrected chi connectivity index (χ4v) is 2.28. The average Bonchev–Trinajstić information content (AvgIpc) is 3.04. The normalized spacial score (nSPS) is 16.6. The predicted molar refractivity (Wildman–Crippen MR) is 80.7 cm³/mol. The van der Waals surface area contributed by atoms with Gasteiger partial charge in [0.05, 0.1) is 5.71 Å². The van der Waals surface area contributed by atoms with Crippen LogP contribution in [0.15, 0.2) is 53.7 Å². The highest BCUT2D eigenvalue weighted by Gasteiger charge is 2.29. The van der Waals surface area contributed by atoms with Crippen LogP contribution in [-0.2, 0) is 16.2 Å². The summed E-state index contributed by atoms with van der Waals surface area (Å²) in [7, 11) is 0. The highest BCUT2D eigenvalue weighted by atomic mass is 19.1. The summed E-state index contributed by atoms with van der Waals surface area (Å²) >= 11 is 0. The number of rotatable bonds is 4. The molecule has 0 unspecified atom stereocenters. The molecule has 23 heavy (non-hydrogen) atoms. The Labute approximate surface area is 131 Å². The van der Waals surface area contributed by atoms with Gasteiger partial charge in [0.2, 0.25) is 6.10 Å². The zero-order valence-electron chi connectivity index (χ0n) is 12.1. The second kappa shape index (κ2) is 6.56. The maximum Gasteiger partial charge on any atom is 0.264 e. The number of carbonyl (C=O) groups excluding carboxylic acids is 1. The topological polar surface area (TPSA) is 50.7 Å². The van der Waals surface area contributed by atoms with Crippen LogP contribution in [0, 0.1) is 11.6 Å². The summed E-state index contributed by atoms with van der Waals surface area (Å²) < 4.78 is 26.5. The number of oxime groups is 1. The molecule has 0 saturated carbocycles. The Kier molecular flexibility index (Phi) is 4.32. The largest absolute Gasteiger partial charge is 0.382 e. The van der Waals surface area contributed by atoms with Gasteiger partial charge in [0.25, 0.3) is 5.91 Å². The zero-order chi connectivity index (χ0) is 16.2. The van der Waals surface area contributed by atoms with Crippen LogP contribution in [0.2, 0.25) is 0 Å². The molecule has 0 spiro atoms. The third-order valence-electron chi connectivity index (χ3n) is 3.53. The number of amides is 1. The molecule has 0 aliphatic carbocycles. The first kappa shape index (κ1) is 15.1. The van der Waals surface area contributed by atoms with Crippen molar-refractivity contribution in [2.45, 2.75) is 19.1 Å². The quantitative estimate of drug-likeness (QED) is 0.943. The van der Waals surface area contributed by atoms with Crippen LogP contribution in [0.25, 0.3) is 0 Å². The Hall–Kier alpha value is -2.76. The number of hydrogen-bond donors (Lipinski definition) is 1. The Morgan fingerprint density at radius 1 is 1.17 bits per heavy atom. The molecule has 0 radical (unpaired) electrons. The van der Waals surface area contributed by atoms with Gasteiger partial charge < -0.3 is 10.2 Å². The van der Waals surface area contributed by atoms with Crippen molar-refractivity contribution in [2.75, 3.05) is 0 Å². The first-order valence-corrected chi connectivity index (χ1v) is 7.13. The molecule has 1 amide bonds. The van der Waals surface area contributed by atoms with Gasteiger partial charge in [0, 0.05) is 18.5 Å². The zero-order valence-corrected chi connectivity index (χ0v) is 12.1. The van der Waals surface area contributed by atoms with E-state index < -0.39 is 11.9 Å². The standard InChI is InChI=1S/C17H14F2N2O2/c18-12-7-5-11(6-8-12)10-20-17(22)16-9-15(21-23-16)13-3-1-2-4-14(13)19/h1-8,16H,9-10H2,(H,20,22)/t16-/m0/s1. The average molecular weight is 316 g/mol. The summed E-state index contributed by atoms with van der Waals surface area (Å²) in [5.41, 5.74) is 1.51. The summed E-state index contributed by atoms with van der Waals surface area (Å²) in [4.78, 5) is 17.2. The molecule has 1 aliphatic heterocycles. The predicted octanol–water partition coefficient (Wildman–Crippen LogP) is 2.77. The van der Waals surface area contributed by atoms with E-state index in [-0.39, 0.29) is 24.7 Å². The summed E-state index contributed by atoms with van der Waals surface area (Å²) in [6.45, 7) is 0.258. The van der Waals surface area contributed by atoms with E-state index >= 15 is 0 Å². The van der Waals surface area contributed by atoms with Crippen LogP contribution in [0.3, 0.4) is 0 Å². The van der Waals surface area contributed by atoms with Crippen LogP contribution < -0.4 is 5.32 Å². The molecule has 4 nitrogen and oxygen atoms in total. The van der Waals surface area contributed by atoms with Crippen molar-refractivity contribution in [3.8, 4) is 0 Å². The lowest BCUT2D eigenvalue weighted by atomic mass is 10.0. The molecule has 0 saturated heterocycles. The number of benzene rings is 2. The van der Waals surface area contributed by atoms with E-state index in [4.69, 9.17) is 4.84 Å². The van der Waals surface area contributed by atoms with Crippen molar-refractivity contribution in [3.63, 3.8) is 0 Å². The fourth-order valence-electron chi connectivity index (χ4n) is 2.28. The highest BCUT2D eigenvalue weighted by molar-refractivity contribution is 6.04. The molecule has 0 bridgehead atoms. The lowest BCUT2D eigenvalue weighted by molar-refractivity contribution is -0.131. The highest BCUT2D eigenvalue weighted by Crippen LogP contribution is 2.19. The number of halogens is 2. The van der Waals surface area contributed by atoms with Gasteiger partial charge >= 0.3 is 0 Å². The molecular formula is C17H14F2N2O2. The van der Waals surface area contributed by atoms with Gasteiger partial charge in [-0.15, -0.1) is 0 Å². The second-order valence-corrected chi connectivity index (χ2v) is 5.16. The van der Waals surface area contributed by atoms with Crippen LogP contribution in [0.4, 0.5) is 8.78 Å². The van der Waals surface area contributed by atoms with Gasteiger partial charge in [0.15, 0.2) is 0 Å². The maximum absolute atomic E-state index is 13.7. The smallest absolute Gasteiger partial charge is 0.264 e. The third-order valence-corrected chi connectivity index (χ3v) is 3.53. The second-order valence-electron chi connectivity index (χ2n) is 5.16. The van der Waals surface area contributed by atoms with E-state index in [2.05, 4.69) is 10.5 Å². The number of nitrogens with zero attached hydrogens (tertiary/aromatic N) is 1. The van der Waals surface area contributed by atoms with Gasteiger partial charge in [-0.2, -0.15) is 0 Å². The SMILES string of the molecule is O=C(NCc1ccc(F)cc1)[C@@H]1CC(c2ccccc2F)=NO1. The molecule has 3 rings (SSSR count). The van der Waals surface area contributed by atoms with E-state index in [0.717, 1.165) is 5.56 Å². The molecule has 0 aromatic heterocycles. The molecule has 1 aliphatic rings. The van der Waals surface area contributed by atoms with Crippen molar-refractivity contribution >= 4 is 11.6 Å². The summed E-state index contributed by atoms with van der Waals surface area (Å²) in [5.74, 6) is -1.08. The molecular weight excluding hydrogens is 302 g/mol. The minimum Gasteiger partial charge on any atom is -0.382 e. The van der Waals surface area contributed by atoms with Crippen LogP contribution >= 0.6 is 0 Å². The van der Waals surface area contributed by atoms with Crippen molar-refractivity contribution in [2.24, 2.45) is 5.16 Å². The van der Waals surface area contributed by atoms with Gasteiger partial charge in [0.1, 0.15) is 11.6 Å². The van der Waals surface area contributed by atoms with Crippen molar-refractivity contribution in [1.29, 1.82) is 0 Å². The minimum absolute atomic E-state index is 0.205. The maximum atomic E-state index is 13.7. The van der Waals surface area contributed by atoms with Gasteiger partial charge in [-0.3, -0.25) is 4.79 Å². The van der Waals surface area contributed by atoms with Gasteiger partial charge in [-0.25, -0.2) is 8.78 Å². The Balaban J connectivity index is 1.56. The van der Waals surface area contributed by atoms with Crippen molar-refractivity contribution < 1.29 is 18.4 Å². The number of hydrogen-bond acceptors (Lipinski definition) is 3. The third kappa shape index (κ3) is 3.53. The molecule has 118 valence electrons. The van der Waals surface area contributed by atoms with E-state index in [1.165, 1.54) is 18.2 Å². The summed E-state index contributed by atoms with van der Waals surface area (Å²) in [6, 6.07) is 12.0. The van der Waals surface area contributed by atoms with Crippen molar-refractivity contribution in [1.82, 2.24) is 5.32 Å². The number of nitrogens with one attached hydrogen (secondary N) is 1. The van der Waals surface area contributed by atoms with E-state index in [0.29, 0.717) is 11.3 Å². The Morgan fingerprint density at radius 3 is 2.65 bits per heavy atom. The van der Waals surface area contributed by atoms with E-state index in [1.54, 1.807) is 30.3 Å². The molecule has 1 heterocycles. The Morgan fingerprint density at radius 2 is 1.91 bits per heavy atom. The van der Waals surface area contributed by atoms with E-state index in [1.807, 2.05) is 0 Å². The van der Waals surface area contributed by atoms with Gasteiger partial charge in [-0.05, 0) is 23.8 Å². The molecule has 1 N–H and O–H groups in total. The fraction of sp³-hybridized carbons (Fsp3) is 0.176. The minimum atomic E-state index is -0.787. The molecule has 6 heteroatoms. The Bertz CT molecular complexity index is 745. The first-order valence-electron chi connectivity index (χ1n) is 7.13.